The van der Waals surface area contributed by atoms with Crippen molar-refractivity contribution in [1.29, 1.82) is 0 Å². The van der Waals surface area contributed by atoms with Crippen LogP contribution < -0.4 is 21.9 Å². The number of ether oxygens (including phenoxy) is 1. The molecule has 1 saturated heterocycles. The third kappa shape index (κ3) is 8.42. The van der Waals surface area contributed by atoms with Crippen LogP contribution in [0.15, 0.2) is 33.7 Å². The smallest absolute Gasteiger partial charge is 0.418 e. The molecular weight excluding hydrogens is 636 g/mol. The van der Waals surface area contributed by atoms with Gasteiger partial charge in [0, 0.05) is 31.4 Å². The molecule has 0 radical (unpaired) electrons. The second-order valence-corrected chi connectivity index (χ2v) is 12.0. The molecule has 20 heteroatoms. The molecule has 1 aromatic heterocycles. The number of aliphatic imine (C=N–C) groups is 1. The van der Waals surface area contributed by atoms with Crippen LogP contribution in [0, 0.1) is 5.92 Å². The lowest BCUT2D eigenvalue weighted by Crippen LogP contribution is -2.60. The van der Waals surface area contributed by atoms with Crippen LogP contribution in [-0.2, 0) is 47.0 Å². The van der Waals surface area contributed by atoms with Crippen LogP contribution in [0.25, 0.3) is 0 Å². The average Bonchev–Trinajstić information content (AvgIpc) is 3.61. The zero-order chi connectivity index (χ0) is 32.9. The van der Waals surface area contributed by atoms with E-state index in [1.54, 1.807) is 12.1 Å². The number of nitrogen functional groups attached to an aromatic ring is 1. The Kier molecular flexibility index (Phi) is 10.5. The first-order chi connectivity index (χ1) is 21.3. The zero-order valence-corrected chi connectivity index (χ0v) is 25.6. The number of nitrogens with two attached hydrogens (primary N) is 3. The minimum absolute atomic E-state index is 0.0213. The number of nitrogens with zero attached hydrogens (tertiary/aromatic N) is 5. The molecule has 1 aromatic carbocycles. The number of thiazole rings is 1. The van der Waals surface area contributed by atoms with E-state index in [2.05, 4.69) is 19.4 Å². The van der Waals surface area contributed by atoms with E-state index in [0.29, 0.717) is 43.0 Å². The fourth-order valence-corrected chi connectivity index (χ4v) is 5.45. The van der Waals surface area contributed by atoms with E-state index in [1.807, 2.05) is 11.0 Å². The highest BCUT2D eigenvalue weighted by Crippen LogP contribution is 2.31. The Morgan fingerprint density at radius 2 is 2.00 bits per heavy atom. The summed E-state index contributed by atoms with van der Waals surface area (Å²) >= 11 is 0.985. The Morgan fingerprint density at radius 1 is 1.27 bits per heavy atom. The Labute approximate surface area is 261 Å². The average molecular weight is 669 g/mol. The summed E-state index contributed by atoms with van der Waals surface area (Å²) in [5.74, 6) is -3.34. The first-order valence-corrected chi connectivity index (χ1v) is 15.7. The first-order valence-electron chi connectivity index (χ1n) is 13.5. The minimum Gasteiger partial charge on any atom is -0.489 e. The van der Waals surface area contributed by atoms with E-state index in [-0.39, 0.29) is 10.8 Å². The predicted octanol–water partition coefficient (Wildman–Crippen LogP) is -0.502. The number of oxime groups is 1. The third-order valence-corrected chi connectivity index (χ3v) is 7.93. The maximum Gasteiger partial charge on any atom is 0.418 e. The highest BCUT2D eigenvalue weighted by Gasteiger charge is 2.49. The van der Waals surface area contributed by atoms with Gasteiger partial charge in [0.25, 0.3) is 12.0 Å². The van der Waals surface area contributed by atoms with Crippen molar-refractivity contribution >= 4 is 56.2 Å². The quantitative estimate of drug-likeness (QED) is 0.0399. The molecule has 2 aromatic rings. The van der Waals surface area contributed by atoms with E-state index in [0.717, 1.165) is 28.9 Å². The van der Waals surface area contributed by atoms with Crippen molar-refractivity contribution in [3.05, 3.63) is 40.4 Å². The lowest BCUT2D eigenvalue weighted by molar-refractivity contribution is -0.204. The van der Waals surface area contributed by atoms with Gasteiger partial charge in [-0.3, -0.25) is 19.1 Å². The van der Waals surface area contributed by atoms with E-state index >= 15 is 0 Å². The van der Waals surface area contributed by atoms with Gasteiger partial charge >= 0.3 is 16.4 Å². The number of fused-ring (bicyclic) bond motifs is 1. The van der Waals surface area contributed by atoms with Crippen molar-refractivity contribution in [2.45, 2.75) is 45.0 Å². The number of carboxylic acid groups (broad SMARTS) is 1. The topological polar surface area (TPSA) is 276 Å². The second-order valence-electron chi connectivity index (χ2n) is 10.1. The number of carbonyl (C=O) groups excluding carboxylic acids is 2. The fourth-order valence-electron chi connectivity index (χ4n) is 4.49. The molecule has 2 aliphatic rings. The molecule has 45 heavy (non-hydrogen) atoms. The van der Waals surface area contributed by atoms with Crippen molar-refractivity contribution in [3.8, 4) is 5.75 Å². The molecule has 8 N–H and O–H groups in total. The Bertz CT molecular complexity index is 1610. The molecule has 1 amide bonds. The van der Waals surface area contributed by atoms with Gasteiger partial charge in [0.15, 0.2) is 22.6 Å². The summed E-state index contributed by atoms with van der Waals surface area (Å²) in [5.41, 5.74) is 18.8. The maximum absolute atomic E-state index is 13.2. The van der Waals surface area contributed by atoms with Gasteiger partial charge in [-0.2, -0.15) is 13.5 Å². The number of carbonyl (C=O) groups is 3. The van der Waals surface area contributed by atoms with Crippen molar-refractivity contribution in [2.75, 3.05) is 25.4 Å². The van der Waals surface area contributed by atoms with Crippen LogP contribution >= 0.6 is 11.3 Å². The molecule has 0 aliphatic carbocycles. The van der Waals surface area contributed by atoms with Gasteiger partial charge in [-0.1, -0.05) is 11.2 Å². The van der Waals surface area contributed by atoms with Gasteiger partial charge < -0.3 is 36.8 Å². The number of ketones is 1. The monoisotopic (exact) mass is 668 g/mol. The maximum atomic E-state index is 13.2. The molecule has 3 heterocycles. The lowest BCUT2D eigenvalue weighted by atomic mass is 9.85. The summed E-state index contributed by atoms with van der Waals surface area (Å²) in [6.45, 7) is 2.99. The van der Waals surface area contributed by atoms with E-state index in [1.165, 1.54) is 12.3 Å². The van der Waals surface area contributed by atoms with Crippen LogP contribution in [0.3, 0.4) is 0 Å². The summed E-state index contributed by atoms with van der Waals surface area (Å²) in [5, 5.41) is 15.4. The zero-order valence-electron chi connectivity index (χ0n) is 23.9. The van der Waals surface area contributed by atoms with Crippen LogP contribution in [-0.4, -0.2) is 94.2 Å². The molecule has 3 atom stereocenters. The van der Waals surface area contributed by atoms with Crippen LogP contribution in [0.4, 0.5) is 5.13 Å². The molecule has 0 saturated carbocycles. The second kappa shape index (κ2) is 14.2. The van der Waals surface area contributed by atoms with Crippen molar-refractivity contribution in [1.82, 2.24) is 14.9 Å². The number of benzene rings is 1. The largest absolute Gasteiger partial charge is 0.489 e. The van der Waals surface area contributed by atoms with Gasteiger partial charge in [-0.15, -0.1) is 15.6 Å². The number of hydroxylamine groups is 2. The Morgan fingerprint density at radius 3 is 2.62 bits per heavy atom. The Balaban J connectivity index is 1.42. The van der Waals surface area contributed by atoms with Crippen molar-refractivity contribution in [2.24, 2.45) is 27.5 Å². The fraction of sp³-hybridized carbons (Fsp3) is 0.440. The number of rotatable bonds is 15. The van der Waals surface area contributed by atoms with Gasteiger partial charge in [-0.05, 0) is 43.1 Å². The minimum atomic E-state index is -4.95. The summed E-state index contributed by atoms with van der Waals surface area (Å²) in [6.07, 6.45) is -1.41. The number of hydrogen-bond donors (Lipinski definition) is 5. The molecule has 244 valence electrons. The number of aliphatic carboxylic acids is 1. The molecule has 0 unspecified atom stereocenters. The lowest BCUT2D eigenvalue weighted by Gasteiger charge is -2.41. The normalized spacial score (nSPS) is 19.2. The molecule has 4 rings (SSSR count). The number of amides is 1. The van der Waals surface area contributed by atoms with E-state index < -0.39 is 64.9 Å². The summed E-state index contributed by atoms with van der Waals surface area (Å²) < 4.78 is 40.7. The molecule has 0 spiro atoms. The predicted molar refractivity (Wildman–Crippen MR) is 159 cm³/mol. The number of carboxylic acids is 1. The standard InChI is InChI=1S/C25H32N8O10S2/c1-13-17(22(35)33(13)43-45(38,39)40)8-19(34)21(18-12-44-25(28)30-18)31-42-20(23(36)37)11-41-16-4-3-14-9-32(10-15(14)7-16)24(27)29-6-2-5-26/h3-4,7,12-13,17,20H,2,5-6,8-11,26H2,1H3,(H2,27,29)(H2,28,30)(H,36,37)(H,38,39,40)/b31-21-/t13-,17-,20-/m0/s1. The number of guanidine groups is 1. The van der Waals surface area contributed by atoms with E-state index in [9.17, 15) is 27.9 Å². The summed E-state index contributed by atoms with van der Waals surface area (Å²) in [7, 11) is -4.95. The molecule has 0 bridgehead atoms. The van der Waals surface area contributed by atoms with Crippen LogP contribution in [0.2, 0.25) is 0 Å². The number of β-lactam (4-membered cyclic amide) rings is 1. The highest BCUT2D eigenvalue weighted by molar-refractivity contribution is 7.80. The van der Waals surface area contributed by atoms with Gasteiger partial charge in [0.1, 0.15) is 18.1 Å². The van der Waals surface area contributed by atoms with Crippen molar-refractivity contribution < 1.29 is 46.3 Å². The number of aromatic nitrogens is 1. The number of anilines is 1. The first kappa shape index (κ1) is 33.5. The van der Waals surface area contributed by atoms with Crippen LogP contribution in [0.5, 0.6) is 5.75 Å². The summed E-state index contributed by atoms with van der Waals surface area (Å²) in [4.78, 5) is 52.9. The van der Waals surface area contributed by atoms with E-state index in [4.69, 9.17) is 31.3 Å². The van der Waals surface area contributed by atoms with Crippen molar-refractivity contribution in [3.63, 3.8) is 0 Å². The molecule has 18 nitrogen and oxygen atoms in total. The van der Waals surface area contributed by atoms with Gasteiger partial charge in [-0.25, -0.2) is 9.78 Å². The van der Waals surface area contributed by atoms with Gasteiger partial charge in [0.05, 0.1) is 12.0 Å². The third-order valence-electron chi connectivity index (χ3n) is 6.90. The number of hydrogen-bond acceptors (Lipinski definition) is 14. The van der Waals surface area contributed by atoms with Gasteiger partial charge in [0.2, 0.25) is 0 Å². The number of Topliss-reactive ketones (excluding diaryl/α,β-unsaturated/α-hetero) is 1. The molecule has 1 fully saturated rings. The molecule has 2 aliphatic heterocycles. The summed E-state index contributed by atoms with van der Waals surface area (Å²) in [6, 6.07) is 4.36. The SMILES string of the molecule is C[C@H]1[C@H](CC(=O)/C(=N\O[C@@H](COc2ccc3c(c2)CN(C(N)=NCCCN)C3)C(=O)O)c2csc(N)n2)C(=O)N1OS(=O)(=O)O. The molecular formula is C25H32N8O10S2. The Hall–Kier alpha value is -4.37. The highest BCUT2D eigenvalue weighted by atomic mass is 32.3. The van der Waals surface area contributed by atoms with Crippen LogP contribution in [0.1, 0.15) is 36.6 Å².